The van der Waals surface area contributed by atoms with Crippen molar-refractivity contribution in [1.82, 2.24) is 9.13 Å². The van der Waals surface area contributed by atoms with Gasteiger partial charge in [-0.2, -0.15) is 0 Å². The van der Waals surface area contributed by atoms with Gasteiger partial charge < -0.3 is 9.13 Å². The van der Waals surface area contributed by atoms with Gasteiger partial charge in [0.1, 0.15) is 0 Å². The van der Waals surface area contributed by atoms with E-state index in [9.17, 15) is 0 Å². The molecule has 0 saturated carbocycles. The summed E-state index contributed by atoms with van der Waals surface area (Å²) >= 11 is 0. The van der Waals surface area contributed by atoms with E-state index in [1.165, 1.54) is 16.5 Å². The van der Waals surface area contributed by atoms with Gasteiger partial charge in [0.2, 0.25) is 0 Å². The summed E-state index contributed by atoms with van der Waals surface area (Å²) in [5.41, 5.74) is 3.50. The van der Waals surface area contributed by atoms with E-state index in [4.69, 9.17) is 0 Å². The van der Waals surface area contributed by atoms with Crippen molar-refractivity contribution < 1.29 is 0 Å². The normalized spacial score (nSPS) is 10.7. The summed E-state index contributed by atoms with van der Waals surface area (Å²) in [6, 6.07) is 12.4. The zero-order valence-electron chi connectivity index (χ0n) is 10.1. The van der Waals surface area contributed by atoms with Gasteiger partial charge in [-0.1, -0.05) is 31.4 Å². The predicted molar refractivity (Wildman–Crippen MR) is 78.1 cm³/mol. The van der Waals surface area contributed by atoms with Crippen LogP contribution in [-0.4, -0.2) is 9.13 Å². The first-order valence-electron chi connectivity index (χ1n) is 5.87. The van der Waals surface area contributed by atoms with Crippen LogP contribution in [-0.2, 0) is 0 Å². The van der Waals surface area contributed by atoms with E-state index < -0.39 is 0 Å². The van der Waals surface area contributed by atoms with Crippen molar-refractivity contribution in [3.63, 3.8) is 0 Å². The molecule has 0 fully saturated rings. The number of aromatic nitrogens is 2. The van der Waals surface area contributed by atoms with E-state index in [1.54, 1.807) is 0 Å². The maximum Gasteiger partial charge on any atom is 0.0543 e. The highest BCUT2D eigenvalue weighted by atomic mass is 15.0. The van der Waals surface area contributed by atoms with E-state index in [1.807, 2.05) is 39.9 Å². The summed E-state index contributed by atoms with van der Waals surface area (Å²) in [4.78, 5) is 0. The molecule has 0 aliphatic carbocycles. The van der Waals surface area contributed by atoms with Crippen LogP contribution in [0.3, 0.4) is 0 Å². The molecule has 0 unspecified atom stereocenters. The Bertz CT molecular complexity index is 728. The van der Waals surface area contributed by atoms with Crippen LogP contribution in [0.4, 0.5) is 0 Å². The van der Waals surface area contributed by atoms with Gasteiger partial charge in [0.15, 0.2) is 0 Å². The van der Waals surface area contributed by atoms with Gasteiger partial charge in [0.25, 0.3) is 0 Å². The third-order valence-corrected chi connectivity index (χ3v) is 3.19. The molecular formula is C16H14N2. The smallest absolute Gasteiger partial charge is 0.0543 e. The zero-order valence-corrected chi connectivity index (χ0v) is 10.1. The number of hydrogen-bond acceptors (Lipinski definition) is 0. The molecule has 0 radical (unpaired) electrons. The molecule has 2 heteroatoms. The van der Waals surface area contributed by atoms with E-state index in [-0.39, 0.29) is 0 Å². The summed E-state index contributed by atoms with van der Waals surface area (Å²) < 4.78 is 4.07. The molecule has 0 spiro atoms. The van der Waals surface area contributed by atoms with Crippen LogP contribution in [0.5, 0.6) is 0 Å². The number of nitrogens with zero attached hydrogens (tertiary/aromatic N) is 2. The quantitative estimate of drug-likeness (QED) is 0.639. The molecule has 0 saturated heterocycles. The second-order valence-corrected chi connectivity index (χ2v) is 4.13. The molecule has 0 atom stereocenters. The van der Waals surface area contributed by atoms with E-state index in [0.717, 1.165) is 5.69 Å². The molecule has 0 bridgehead atoms. The first kappa shape index (κ1) is 10.7. The maximum atomic E-state index is 3.85. The van der Waals surface area contributed by atoms with Crippen molar-refractivity contribution in [2.24, 2.45) is 0 Å². The van der Waals surface area contributed by atoms with Gasteiger partial charge in [-0.3, -0.25) is 0 Å². The topological polar surface area (TPSA) is 9.86 Å². The Hall–Kier alpha value is -2.48. The summed E-state index contributed by atoms with van der Waals surface area (Å²) in [5.74, 6) is 0. The minimum atomic E-state index is 1.14. The molecule has 18 heavy (non-hydrogen) atoms. The Morgan fingerprint density at radius 2 is 1.67 bits per heavy atom. The first-order valence-corrected chi connectivity index (χ1v) is 5.87. The summed E-state index contributed by atoms with van der Waals surface area (Å²) in [6.45, 7) is 7.69. The van der Waals surface area contributed by atoms with Crippen molar-refractivity contribution in [3.05, 3.63) is 61.9 Å². The van der Waals surface area contributed by atoms with Crippen LogP contribution in [0.25, 0.3) is 34.6 Å². The lowest BCUT2D eigenvalue weighted by atomic mass is 10.1. The summed E-state index contributed by atoms with van der Waals surface area (Å²) in [7, 11) is 0. The van der Waals surface area contributed by atoms with Gasteiger partial charge >= 0.3 is 0 Å². The molecule has 2 aromatic heterocycles. The van der Waals surface area contributed by atoms with Crippen LogP contribution in [0.1, 0.15) is 0 Å². The Kier molecular flexibility index (Phi) is 2.41. The van der Waals surface area contributed by atoms with Gasteiger partial charge in [-0.05, 0) is 18.2 Å². The Balaban J connectivity index is 2.36. The van der Waals surface area contributed by atoms with Crippen LogP contribution in [0.2, 0.25) is 0 Å². The van der Waals surface area contributed by atoms with Crippen molar-refractivity contribution in [2.75, 3.05) is 0 Å². The highest BCUT2D eigenvalue weighted by Gasteiger charge is 2.10. The lowest BCUT2D eigenvalue weighted by Gasteiger charge is -2.01. The predicted octanol–water partition coefficient (Wildman–Crippen LogP) is 4.31. The van der Waals surface area contributed by atoms with Gasteiger partial charge in [0, 0.05) is 35.7 Å². The standard InChI is InChI=1S/C16H14N2/c1-3-17-11-7-10-16(17)14-12-18(4-2)15-9-6-5-8-13(14)15/h3-12H,1-2H2. The molecule has 88 valence electrons. The van der Waals surface area contributed by atoms with Crippen molar-refractivity contribution in [3.8, 4) is 11.3 Å². The maximum absolute atomic E-state index is 3.85. The van der Waals surface area contributed by atoms with Gasteiger partial charge in [-0.15, -0.1) is 0 Å². The van der Waals surface area contributed by atoms with Crippen LogP contribution >= 0.6 is 0 Å². The van der Waals surface area contributed by atoms with E-state index in [0.29, 0.717) is 0 Å². The fourth-order valence-electron chi connectivity index (χ4n) is 2.34. The molecule has 0 N–H and O–H groups in total. The summed E-state index contributed by atoms with van der Waals surface area (Å²) in [6.07, 6.45) is 7.75. The molecule has 2 heterocycles. The molecule has 0 amide bonds. The monoisotopic (exact) mass is 234 g/mol. The SMILES string of the molecule is C=Cn1cccc1-c1cn(C=C)c2ccccc12. The highest BCUT2D eigenvalue weighted by Crippen LogP contribution is 2.31. The summed E-state index contributed by atoms with van der Waals surface area (Å²) in [5, 5.41) is 1.22. The van der Waals surface area contributed by atoms with Crippen LogP contribution in [0, 0.1) is 0 Å². The molecule has 3 rings (SSSR count). The molecule has 3 aromatic rings. The Morgan fingerprint density at radius 3 is 2.44 bits per heavy atom. The Morgan fingerprint density at radius 1 is 0.889 bits per heavy atom. The molecular weight excluding hydrogens is 220 g/mol. The van der Waals surface area contributed by atoms with Crippen molar-refractivity contribution in [2.45, 2.75) is 0 Å². The third kappa shape index (κ3) is 1.43. The van der Waals surface area contributed by atoms with Gasteiger partial charge in [-0.25, -0.2) is 0 Å². The average Bonchev–Trinajstić information content (AvgIpc) is 3.02. The lowest BCUT2D eigenvalue weighted by Crippen LogP contribution is -1.86. The number of para-hydroxylation sites is 1. The molecule has 1 aromatic carbocycles. The number of rotatable bonds is 3. The van der Waals surface area contributed by atoms with Crippen LogP contribution in [0.15, 0.2) is 61.9 Å². The zero-order chi connectivity index (χ0) is 12.5. The number of hydrogen-bond donors (Lipinski definition) is 0. The van der Waals surface area contributed by atoms with E-state index in [2.05, 4.69) is 43.6 Å². The molecule has 2 nitrogen and oxygen atoms in total. The number of fused-ring (bicyclic) bond motifs is 1. The fraction of sp³-hybridized carbons (Fsp3) is 0. The minimum Gasteiger partial charge on any atom is -0.324 e. The highest BCUT2D eigenvalue weighted by molar-refractivity contribution is 5.96. The van der Waals surface area contributed by atoms with Crippen molar-refractivity contribution in [1.29, 1.82) is 0 Å². The molecule has 0 aliphatic heterocycles. The Labute approximate surface area is 106 Å². The fourth-order valence-corrected chi connectivity index (χ4v) is 2.34. The largest absolute Gasteiger partial charge is 0.324 e. The minimum absolute atomic E-state index is 1.14. The second kappa shape index (κ2) is 4.08. The first-order chi connectivity index (χ1) is 8.85. The second-order valence-electron chi connectivity index (χ2n) is 4.13. The number of benzene rings is 1. The molecule has 0 aliphatic rings. The third-order valence-electron chi connectivity index (χ3n) is 3.19. The lowest BCUT2D eigenvalue weighted by molar-refractivity contribution is 1.17. The van der Waals surface area contributed by atoms with E-state index >= 15 is 0 Å². The van der Waals surface area contributed by atoms with Crippen molar-refractivity contribution >= 4 is 23.3 Å². The van der Waals surface area contributed by atoms with Gasteiger partial charge in [0.05, 0.1) is 11.2 Å². The van der Waals surface area contributed by atoms with Crippen LogP contribution < -0.4 is 0 Å². The average molecular weight is 234 g/mol.